The SMILES string of the molecule is COc1ccc(C(=O)NC(CC(F)F)C(=O)O)cn1. The van der Waals surface area contributed by atoms with Crippen molar-refractivity contribution in [2.45, 2.75) is 18.9 Å². The molecule has 0 aromatic carbocycles. The molecule has 8 heteroatoms. The molecule has 2 N–H and O–H groups in total. The quantitative estimate of drug-likeness (QED) is 0.805. The van der Waals surface area contributed by atoms with E-state index in [9.17, 15) is 18.4 Å². The summed E-state index contributed by atoms with van der Waals surface area (Å²) in [5.74, 6) is -2.03. The van der Waals surface area contributed by atoms with Gasteiger partial charge in [0, 0.05) is 18.7 Å². The van der Waals surface area contributed by atoms with Crippen LogP contribution in [-0.4, -0.2) is 41.5 Å². The molecule has 0 fully saturated rings. The number of nitrogens with zero attached hydrogens (tertiary/aromatic N) is 1. The highest BCUT2D eigenvalue weighted by Crippen LogP contribution is 2.09. The van der Waals surface area contributed by atoms with Crippen molar-refractivity contribution in [3.63, 3.8) is 0 Å². The summed E-state index contributed by atoms with van der Waals surface area (Å²) in [4.78, 5) is 26.1. The predicted octanol–water partition coefficient (Wildman–Crippen LogP) is 0.928. The van der Waals surface area contributed by atoms with Gasteiger partial charge in [-0.2, -0.15) is 0 Å². The van der Waals surface area contributed by atoms with Crippen LogP contribution in [0.2, 0.25) is 0 Å². The van der Waals surface area contributed by atoms with Crippen LogP contribution in [0.1, 0.15) is 16.8 Å². The Morgan fingerprint density at radius 1 is 1.47 bits per heavy atom. The zero-order valence-corrected chi connectivity index (χ0v) is 9.97. The van der Waals surface area contributed by atoms with Crippen molar-refractivity contribution in [1.29, 1.82) is 0 Å². The van der Waals surface area contributed by atoms with Crippen molar-refractivity contribution in [2.75, 3.05) is 7.11 Å². The van der Waals surface area contributed by atoms with Crippen LogP contribution >= 0.6 is 0 Å². The first kappa shape index (κ1) is 14.8. The molecule has 0 aliphatic carbocycles. The number of alkyl halides is 2. The number of amides is 1. The number of halogens is 2. The van der Waals surface area contributed by atoms with Crippen molar-refractivity contribution < 1.29 is 28.2 Å². The molecule has 0 radical (unpaired) electrons. The highest BCUT2D eigenvalue weighted by Gasteiger charge is 2.24. The Morgan fingerprint density at radius 3 is 2.58 bits per heavy atom. The van der Waals surface area contributed by atoms with E-state index in [1.165, 1.54) is 19.2 Å². The number of carbonyl (C=O) groups excluding carboxylic acids is 1. The van der Waals surface area contributed by atoms with Crippen LogP contribution < -0.4 is 10.1 Å². The Balaban J connectivity index is 2.72. The molecule has 6 nitrogen and oxygen atoms in total. The molecule has 1 aromatic heterocycles. The molecule has 19 heavy (non-hydrogen) atoms. The van der Waals surface area contributed by atoms with Gasteiger partial charge >= 0.3 is 5.97 Å². The number of aliphatic carboxylic acids is 1. The minimum absolute atomic E-state index is 0.0568. The number of aromatic nitrogens is 1. The number of hydrogen-bond acceptors (Lipinski definition) is 4. The Hall–Kier alpha value is -2.25. The van der Waals surface area contributed by atoms with Crippen LogP contribution in [0.5, 0.6) is 5.88 Å². The molecule has 1 rings (SSSR count). The summed E-state index contributed by atoms with van der Waals surface area (Å²) in [6.45, 7) is 0. The van der Waals surface area contributed by atoms with Crippen LogP contribution in [-0.2, 0) is 4.79 Å². The van der Waals surface area contributed by atoms with E-state index in [2.05, 4.69) is 4.98 Å². The van der Waals surface area contributed by atoms with Crippen molar-refractivity contribution in [1.82, 2.24) is 10.3 Å². The lowest BCUT2D eigenvalue weighted by Gasteiger charge is -2.13. The lowest BCUT2D eigenvalue weighted by atomic mass is 10.2. The van der Waals surface area contributed by atoms with Crippen molar-refractivity contribution in [3.8, 4) is 5.88 Å². The number of carboxylic acid groups (broad SMARTS) is 1. The Morgan fingerprint density at radius 2 is 2.16 bits per heavy atom. The summed E-state index contributed by atoms with van der Waals surface area (Å²) in [5, 5.41) is 10.7. The van der Waals surface area contributed by atoms with E-state index in [0.717, 1.165) is 6.20 Å². The van der Waals surface area contributed by atoms with Gasteiger partial charge in [0.1, 0.15) is 6.04 Å². The number of methoxy groups -OCH3 is 1. The maximum Gasteiger partial charge on any atom is 0.326 e. The van der Waals surface area contributed by atoms with Crippen LogP contribution in [0.25, 0.3) is 0 Å². The van der Waals surface area contributed by atoms with E-state index in [0.29, 0.717) is 0 Å². The predicted molar refractivity (Wildman–Crippen MR) is 60.3 cm³/mol. The lowest BCUT2D eigenvalue weighted by Crippen LogP contribution is -2.42. The Labute approximate surface area is 107 Å². The van der Waals surface area contributed by atoms with Gasteiger partial charge in [-0.25, -0.2) is 18.6 Å². The monoisotopic (exact) mass is 274 g/mol. The van der Waals surface area contributed by atoms with Gasteiger partial charge in [-0.1, -0.05) is 0 Å². The molecule has 1 amide bonds. The number of rotatable bonds is 6. The summed E-state index contributed by atoms with van der Waals surface area (Å²) in [6.07, 6.45) is -2.62. The third-order valence-electron chi connectivity index (χ3n) is 2.22. The second-order valence-corrected chi connectivity index (χ2v) is 3.58. The highest BCUT2D eigenvalue weighted by atomic mass is 19.3. The minimum atomic E-state index is -2.82. The Kier molecular flexibility index (Phi) is 5.16. The molecule has 0 saturated carbocycles. The minimum Gasteiger partial charge on any atom is -0.481 e. The molecule has 0 bridgehead atoms. The third-order valence-corrected chi connectivity index (χ3v) is 2.22. The second kappa shape index (κ2) is 6.62. The van der Waals surface area contributed by atoms with E-state index in [1.807, 2.05) is 5.32 Å². The van der Waals surface area contributed by atoms with Gasteiger partial charge < -0.3 is 15.2 Å². The van der Waals surface area contributed by atoms with Gasteiger partial charge in [-0.15, -0.1) is 0 Å². The molecule has 0 spiro atoms. The average Bonchev–Trinajstić information content (AvgIpc) is 2.37. The molecule has 1 heterocycles. The fourth-order valence-electron chi connectivity index (χ4n) is 1.28. The number of hydrogen-bond donors (Lipinski definition) is 2. The summed E-state index contributed by atoms with van der Waals surface area (Å²) in [5.41, 5.74) is 0.0568. The van der Waals surface area contributed by atoms with Crippen molar-refractivity contribution in [2.24, 2.45) is 0 Å². The molecule has 1 unspecified atom stereocenters. The number of nitrogens with one attached hydrogen (secondary N) is 1. The van der Waals surface area contributed by atoms with Crippen LogP contribution in [0.4, 0.5) is 8.78 Å². The summed E-state index contributed by atoms with van der Waals surface area (Å²) < 4.78 is 29.1. The first-order valence-corrected chi connectivity index (χ1v) is 5.26. The van der Waals surface area contributed by atoms with Gasteiger partial charge in [0.2, 0.25) is 12.3 Å². The van der Waals surface area contributed by atoms with E-state index in [-0.39, 0.29) is 11.4 Å². The van der Waals surface area contributed by atoms with E-state index >= 15 is 0 Å². The van der Waals surface area contributed by atoms with E-state index in [1.54, 1.807) is 0 Å². The van der Waals surface area contributed by atoms with Crippen molar-refractivity contribution in [3.05, 3.63) is 23.9 Å². The van der Waals surface area contributed by atoms with Gasteiger partial charge in [-0.05, 0) is 6.07 Å². The summed E-state index contributed by atoms with van der Waals surface area (Å²) in [7, 11) is 1.39. The van der Waals surface area contributed by atoms with Gasteiger partial charge in [0.15, 0.2) is 0 Å². The van der Waals surface area contributed by atoms with Gasteiger partial charge in [-0.3, -0.25) is 4.79 Å². The fraction of sp³-hybridized carbons (Fsp3) is 0.364. The fourth-order valence-corrected chi connectivity index (χ4v) is 1.28. The Bertz CT molecular complexity index is 451. The molecule has 1 aromatic rings. The molecular weight excluding hydrogens is 262 g/mol. The first-order chi connectivity index (χ1) is 8.93. The maximum atomic E-state index is 12.2. The molecular formula is C11H12F2N2O4. The zero-order chi connectivity index (χ0) is 14.4. The molecule has 0 saturated heterocycles. The number of carboxylic acids is 1. The third kappa shape index (κ3) is 4.49. The highest BCUT2D eigenvalue weighted by molar-refractivity contribution is 5.96. The number of carbonyl (C=O) groups is 2. The van der Waals surface area contributed by atoms with Gasteiger partial charge in [0.05, 0.1) is 12.7 Å². The maximum absolute atomic E-state index is 12.2. The number of pyridine rings is 1. The number of ether oxygens (including phenoxy) is 1. The lowest BCUT2D eigenvalue weighted by molar-refractivity contribution is -0.140. The van der Waals surface area contributed by atoms with Crippen LogP contribution in [0.15, 0.2) is 18.3 Å². The molecule has 0 aliphatic rings. The molecule has 0 aliphatic heterocycles. The van der Waals surface area contributed by atoms with Crippen LogP contribution in [0.3, 0.4) is 0 Å². The van der Waals surface area contributed by atoms with Crippen molar-refractivity contribution >= 4 is 11.9 Å². The standard InChI is InChI=1S/C11H12F2N2O4/c1-19-9-3-2-6(5-14-9)10(16)15-7(11(17)18)4-8(12)13/h2-3,5,7-8H,4H2,1H3,(H,15,16)(H,17,18). The van der Waals surface area contributed by atoms with Crippen LogP contribution in [0, 0.1) is 0 Å². The zero-order valence-electron chi connectivity index (χ0n) is 9.97. The second-order valence-electron chi connectivity index (χ2n) is 3.58. The summed E-state index contributed by atoms with van der Waals surface area (Å²) in [6, 6.07) is 1.11. The smallest absolute Gasteiger partial charge is 0.326 e. The van der Waals surface area contributed by atoms with E-state index in [4.69, 9.17) is 9.84 Å². The molecule has 104 valence electrons. The molecule has 1 atom stereocenters. The largest absolute Gasteiger partial charge is 0.481 e. The summed E-state index contributed by atoms with van der Waals surface area (Å²) >= 11 is 0. The van der Waals surface area contributed by atoms with E-state index < -0.39 is 30.8 Å². The topological polar surface area (TPSA) is 88.5 Å². The average molecular weight is 274 g/mol. The first-order valence-electron chi connectivity index (χ1n) is 5.26. The normalized spacial score (nSPS) is 12.0. The van der Waals surface area contributed by atoms with Gasteiger partial charge in [0.25, 0.3) is 5.91 Å².